The second kappa shape index (κ2) is 11.6. The molecule has 5 rings (SSSR count). The molecule has 8 nitrogen and oxygen atoms in total. The number of anilines is 1. The average Bonchev–Trinajstić information content (AvgIpc) is 3.66. The fraction of sp³-hybridized carbons (Fsp3) is 0.500. The van der Waals surface area contributed by atoms with Crippen molar-refractivity contribution in [2.45, 2.75) is 63.6 Å². The van der Waals surface area contributed by atoms with E-state index in [2.05, 4.69) is 10.6 Å². The van der Waals surface area contributed by atoms with Crippen LogP contribution in [0.5, 0.6) is 0 Å². The molecule has 202 valence electrons. The van der Waals surface area contributed by atoms with Gasteiger partial charge >= 0.3 is 6.09 Å². The number of aliphatic hydroxyl groups is 1. The smallest absolute Gasteiger partial charge is 0.414 e. The summed E-state index contributed by atoms with van der Waals surface area (Å²) in [7, 11) is 0. The van der Waals surface area contributed by atoms with Crippen molar-refractivity contribution in [1.82, 2.24) is 10.6 Å². The number of benzene rings is 2. The first-order chi connectivity index (χ1) is 18.4. The van der Waals surface area contributed by atoms with Crippen LogP contribution in [0.2, 0.25) is 0 Å². The zero-order valence-corrected chi connectivity index (χ0v) is 21.8. The van der Waals surface area contributed by atoms with Gasteiger partial charge in [-0.2, -0.15) is 0 Å². The van der Waals surface area contributed by atoms with Crippen molar-refractivity contribution in [3.8, 4) is 0 Å². The number of hydrogen-bond acceptors (Lipinski definition) is 5. The fourth-order valence-corrected chi connectivity index (χ4v) is 6.23. The summed E-state index contributed by atoms with van der Waals surface area (Å²) in [5.41, 5.74) is 1.95. The number of ether oxygens (including phenoxy) is 1. The topological polar surface area (TPSA) is 108 Å². The third-order valence-electron chi connectivity index (χ3n) is 8.37. The Bertz CT molecular complexity index is 1160. The minimum atomic E-state index is -0.920. The molecule has 1 heterocycles. The third-order valence-corrected chi connectivity index (χ3v) is 8.37. The van der Waals surface area contributed by atoms with Gasteiger partial charge in [-0.25, -0.2) is 4.79 Å². The van der Waals surface area contributed by atoms with Crippen molar-refractivity contribution in [3.63, 3.8) is 0 Å². The molecule has 3 fully saturated rings. The Balaban J connectivity index is 1.25. The number of hydrogen-bond donors (Lipinski definition) is 3. The Morgan fingerprint density at radius 1 is 1.11 bits per heavy atom. The van der Waals surface area contributed by atoms with E-state index in [4.69, 9.17) is 4.74 Å². The molecule has 38 heavy (non-hydrogen) atoms. The molecule has 2 aliphatic carbocycles. The molecule has 6 atom stereocenters. The van der Waals surface area contributed by atoms with Crippen LogP contribution in [0, 0.1) is 17.8 Å². The molecule has 1 aliphatic heterocycles. The first-order valence-corrected chi connectivity index (χ1v) is 13.7. The normalized spacial score (nSPS) is 24.5. The van der Waals surface area contributed by atoms with Gasteiger partial charge in [-0.05, 0) is 67.7 Å². The molecular weight excluding hydrogens is 482 g/mol. The molecule has 3 amide bonds. The van der Waals surface area contributed by atoms with E-state index in [9.17, 15) is 19.5 Å². The molecule has 2 aromatic rings. The van der Waals surface area contributed by atoms with Crippen LogP contribution in [-0.2, 0) is 16.0 Å². The molecule has 2 saturated carbocycles. The summed E-state index contributed by atoms with van der Waals surface area (Å²) in [6.45, 7) is 2.58. The van der Waals surface area contributed by atoms with Gasteiger partial charge in [0.25, 0.3) is 5.91 Å². The number of carbonyl (C=O) groups excluding carboxylic acids is 3. The summed E-state index contributed by atoms with van der Waals surface area (Å²) >= 11 is 0. The van der Waals surface area contributed by atoms with Gasteiger partial charge in [0.2, 0.25) is 5.91 Å². The highest BCUT2D eigenvalue weighted by Gasteiger charge is 2.40. The maximum absolute atomic E-state index is 13.3. The summed E-state index contributed by atoms with van der Waals surface area (Å²) in [5, 5.41) is 17.5. The number of nitrogens with zero attached hydrogens (tertiary/aromatic N) is 1. The first-order valence-electron chi connectivity index (χ1n) is 13.7. The van der Waals surface area contributed by atoms with E-state index >= 15 is 0 Å². The Morgan fingerprint density at radius 3 is 2.61 bits per heavy atom. The Kier molecular flexibility index (Phi) is 7.98. The van der Waals surface area contributed by atoms with Gasteiger partial charge in [0.05, 0.1) is 18.7 Å². The third kappa shape index (κ3) is 6.01. The lowest BCUT2D eigenvalue weighted by Crippen LogP contribution is -2.47. The van der Waals surface area contributed by atoms with E-state index in [-0.39, 0.29) is 30.2 Å². The second-order valence-electron chi connectivity index (χ2n) is 11.1. The number of fused-ring (bicyclic) bond motifs is 2. The van der Waals surface area contributed by atoms with Crippen molar-refractivity contribution in [2.75, 3.05) is 18.1 Å². The van der Waals surface area contributed by atoms with Crippen LogP contribution >= 0.6 is 0 Å². The number of aliphatic hydroxyl groups excluding tert-OH is 1. The largest absolute Gasteiger partial charge is 0.447 e. The molecule has 2 aromatic carbocycles. The molecule has 1 saturated heterocycles. The average molecular weight is 520 g/mol. The lowest BCUT2D eigenvalue weighted by atomic mass is 9.92. The van der Waals surface area contributed by atoms with Crippen molar-refractivity contribution in [2.24, 2.45) is 17.8 Å². The number of rotatable bonds is 10. The van der Waals surface area contributed by atoms with Crippen LogP contribution in [0.25, 0.3) is 0 Å². The van der Waals surface area contributed by atoms with Gasteiger partial charge in [0.1, 0.15) is 6.61 Å². The predicted octanol–water partition coefficient (Wildman–Crippen LogP) is 3.68. The van der Waals surface area contributed by atoms with Gasteiger partial charge in [-0.1, -0.05) is 49.7 Å². The summed E-state index contributed by atoms with van der Waals surface area (Å²) in [6.07, 6.45) is 4.06. The quantitative estimate of drug-likeness (QED) is 0.444. The van der Waals surface area contributed by atoms with Gasteiger partial charge in [-0.15, -0.1) is 0 Å². The van der Waals surface area contributed by atoms with Gasteiger partial charge in [-0.3, -0.25) is 14.5 Å². The first kappa shape index (κ1) is 26.2. The van der Waals surface area contributed by atoms with E-state index in [1.54, 1.807) is 24.3 Å². The Hall–Kier alpha value is -3.39. The maximum atomic E-state index is 13.3. The number of nitrogens with one attached hydrogen (secondary N) is 2. The number of carbonyl (C=O) groups is 3. The lowest BCUT2D eigenvalue weighted by molar-refractivity contribution is -0.126. The standard InChI is InChI=1S/C30H37N3O5/c1-19(28(35)31-25-17-21-10-11-22(25)15-21)14-27(34)26(16-20-6-3-2-4-7-20)32-29(36)23-8-5-9-24(18-23)33-12-13-38-30(33)37/h2-9,18-19,21-22,25-27,34H,10-17H2,1H3,(H,31,35)(H,32,36)/t19-,21?,22?,25?,26?,27+/m1/s1. The minimum absolute atomic E-state index is 0.0309. The molecule has 0 radical (unpaired) electrons. The van der Waals surface area contributed by atoms with E-state index in [1.165, 1.54) is 24.2 Å². The minimum Gasteiger partial charge on any atom is -0.447 e. The fourth-order valence-electron chi connectivity index (χ4n) is 6.23. The van der Waals surface area contributed by atoms with Crippen LogP contribution in [0.1, 0.15) is 54.9 Å². The zero-order valence-electron chi connectivity index (χ0n) is 21.8. The van der Waals surface area contributed by atoms with Crippen LogP contribution in [0.15, 0.2) is 54.6 Å². The number of amides is 3. The van der Waals surface area contributed by atoms with E-state index in [0.29, 0.717) is 36.7 Å². The van der Waals surface area contributed by atoms with Crippen LogP contribution < -0.4 is 15.5 Å². The van der Waals surface area contributed by atoms with Crippen LogP contribution in [-0.4, -0.2) is 54.4 Å². The Labute approximate surface area is 223 Å². The molecule has 4 unspecified atom stereocenters. The van der Waals surface area contributed by atoms with Crippen LogP contribution in [0.4, 0.5) is 10.5 Å². The summed E-state index contributed by atoms with van der Waals surface area (Å²) in [5.74, 6) is 0.564. The predicted molar refractivity (Wildman–Crippen MR) is 144 cm³/mol. The van der Waals surface area contributed by atoms with Crippen molar-refractivity contribution < 1.29 is 24.2 Å². The molecule has 0 spiro atoms. The highest BCUT2D eigenvalue weighted by atomic mass is 16.6. The molecule has 3 aliphatic rings. The zero-order chi connectivity index (χ0) is 26.6. The molecule has 2 bridgehead atoms. The molecule has 0 aromatic heterocycles. The molecule has 8 heteroatoms. The van der Waals surface area contributed by atoms with Crippen molar-refractivity contribution >= 4 is 23.6 Å². The Morgan fingerprint density at radius 2 is 1.92 bits per heavy atom. The highest BCUT2D eigenvalue weighted by Crippen LogP contribution is 2.44. The summed E-state index contributed by atoms with van der Waals surface area (Å²) in [4.78, 5) is 39.7. The lowest BCUT2D eigenvalue weighted by Gasteiger charge is -2.28. The van der Waals surface area contributed by atoms with Gasteiger partial charge < -0.3 is 20.5 Å². The van der Waals surface area contributed by atoms with E-state index < -0.39 is 18.2 Å². The molecular formula is C30H37N3O5. The summed E-state index contributed by atoms with van der Waals surface area (Å²) in [6, 6.07) is 16.1. The van der Waals surface area contributed by atoms with E-state index in [0.717, 1.165) is 17.9 Å². The van der Waals surface area contributed by atoms with Crippen molar-refractivity contribution in [1.29, 1.82) is 0 Å². The SMILES string of the molecule is C[C@H](C[C@H](O)C(Cc1ccccc1)NC(=O)c1cccc(N2CCOC2=O)c1)C(=O)NC1CC2CCC1C2. The van der Waals surface area contributed by atoms with Crippen LogP contribution in [0.3, 0.4) is 0 Å². The number of cyclic esters (lactones) is 1. The van der Waals surface area contributed by atoms with Crippen molar-refractivity contribution in [3.05, 3.63) is 65.7 Å². The maximum Gasteiger partial charge on any atom is 0.414 e. The van der Waals surface area contributed by atoms with E-state index in [1.807, 2.05) is 37.3 Å². The highest BCUT2D eigenvalue weighted by molar-refractivity contribution is 5.97. The second-order valence-corrected chi connectivity index (χ2v) is 11.1. The van der Waals surface area contributed by atoms with Gasteiger partial charge in [0.15, 0.2) is 0 Å². The summed E-state index contributed by atoms with van der Waals surface area (Å²) < 4.78 is 5.02. The van der Waals surface area contributed by atoms with Gasteiger partial charge in [0, 0.05) is 23.2 Å². The molecule has 3 N–H and O–H groups in total. The monoisotopic (exact) mass is 519 g/mol.